The zero-order chi connectivity index (χ0) is 27.6. The number of hydrogen-bond acceptors (Lipinski definition) is 6. The van der Waals surface area contributed by atoms with Gasteiger partial charge in [-0.1, -0.05) is 44.9 Å². The molecule has 1 aromatic rings. The van der Waals surface area contributed by atoms with Gasteiger partial charge in [0.05, 0.1) is 32.5 Å². The van der Waals surface area contributed by atoms with Gasteiger partial charge in [0, 0.05) is 29.9 Å². The van der Waals surface area contributed by atoms with Crippen molar-refractivity contribution in [3.05, 3.63) is 29.8 Å². The highest BCUT2D eigenvalue weighted by Crippen LogP contribution is 2.62. The quantitative estimate of drug-likeness (QED) is 0.460. The number of para-hydroxylation sites is 1. The summed E-state index contributed by atoms with van der Waals surface area (Å²) in [6, 6.07) is 7.68. The molecule has 1 aliphatic heterocycles. The van der Waals surface area contributed by atoms with E-state index in [9.17, 15) is 14.7 Å². The number of carbonyl (C=O) groups is 2. The lowest BCUT2D eigenvalue weighted by Gasteiger charge is -2.63. The van der Waals surface area contributed by atoms with Crippen molar-refractivity contribution in [1.29, 1.82) is 0 Å². The second-order valence-corrected chi connectivity index (χ2v) is 12.7. The van der Waals surface area contributed by atoms with Crippen molar-refractivity contribution >= 4 is 11.8 Å². The maximum Gasteiger partial charge on any atom is 0.223 e. The van der Waals surface area contributed by atoms with E-state index in [-0.39, 0.29) is 46.5 Å². The Hall–Kier alpha value is -2.16. The van der Waals surface area contributed by atoms with Crippen LogP contribution in [0, 0.1) is 28.6 Å². The van der Waals surface area contributed by atoms with E-state index in [1.807, 2.05) is 24.3 Å². The first-order valence-corrected chi connectivity index (χ1v) is 14.9. The van der Waals surface area contributed by atoms with Gasteiger partial charge in [-0.3, -0.25) is 9.59 Å². The van der Waals surface area contributed by atoms with Crippen LogP contribution >= 0.6 is 0 Å². The number of aliphatic hydroxyl groups excluding tert-OH is 1. The van der Waals surface area contributed by atoms with E-state index in [0.29, 0.717) is 32.5 Å². The second-order valence-electron chi connectivity index (χ2n) is 12.7. The minimum absolute atomic E-state index is 0.0352. The molecule has 0 radical (unpaired) electrons. The summed E-state index contributed by atoms with van der Waals surface area (Å²) in [5.41, 5.74) is 0.534. The van der Waals surface area contributed by atoms with Gasteiger partial charge < -0.3 is 30.0 Å². The van der Waals surface area contributed by atoms with E-state index >= 15 is 0 Å². The van der Waals surface area contributed by atoms with Crippen LogP contribution in [-0.4, -0.2) is 55.7 Å². The Labute approximate surface area is 232 Å². The third-order valence-electron chi connectivity index (χ3n) is 10.5. The summed E-state index contributed by atoms with van der Waals surface area (Å²) in [5, 5.41) is 17.2. The van der Waals surface area contributed by atoms with Gasteiger partial charge in [-0.2, -0.15) is 0 Å². The van der Waals surface area contributed by atoms with Crippen LogP contribution in [0.1, 0.15) is 77.2 Å². The largest absolute Gasteiger partial charge is 0.496 e. The number of aliphatic hydroxyl groups is 1. The van der Waals surface area contributed by atoms with Crippen molar-refractivity contribution in [2.24, 2.45) is 28.6 Å². The fourth-order valence-electron chi connectivity index (χ4n) is 8.22. The van der Waals surface area contributed by atoms with Crippen LogP contribution in [0.15, 0.2) is 24.3 Å². The van der Waals surface area contributed by atoms with Crippen LogP contribution in [-0.2, 0) is 25.6 Å². The molecule has 1 aromatic carbocycles. The van der Waals surface area contributed by atoms with Crippen molar-refractivity contribution < 1.29 is 28.9 Å². The molecule has 0 spiro atoms. The Bertz CT molecular complexity index is 1030. The zero-order valence-electron chi connectivity index (χ0n) is 23.7. The lowest BCUT2D eigenvalue weighted by molar-refractivity contribution is -0.306. The third kappa shape index (κ3) is 5.70. The average Bonchev–Trinajstić information content (AvgIpc) is 3.48. The highest BCUT2D eigenvalue weighted by atomic mass is 16.7. The Morgan fingerprint density at radius 3 is 2.59 bits per heavy atom. The van der Waals surface area contributed by atoms with Crippen molar-refractivity contribution in [2.75, 3.05) is 20.3 Å². The summed E-state index contributed by atoms with van der Waals surface area (Å²) in [7, 11) is 1.63. The molecule has 3 N–H and O–H groups in total. The summed E-state index contributed by atoms with van der Waals surface area (Å²) in [6.45, 7) is 5.85. The Morgan fingerprint density at radius 2 is 1.82 bits per heavy atom. The summed E-state index contributed by atoms with van der Waals surface area (Å²) in [6.07, 6.45) is 6.92. The van der Waals surface area contributed by atoms with Crippen LogP contribution in [0.3, 0.4) is 0 Å². The second kappa shape index (κ2) is 11.8. The predicted molar refractivity (Wildman–Crippen MR) is 147 cm³/mol. The molecule has 3 saturated carbocycles. The standard InChI is InChI=1S/C31H46N2O6/c1-30-15-14-26-31(2,19-38-28(39-26)18-33-29(36)20-8-4-5-9-20)25(30)13-12-23(34)22(30)16-27(35)32-17-21-10-6-7-11-24(21)37-3/h6-7,10-11,20,22-23,25-26,28,34H,4-5,8-9,12-19H2,1-3H3,(H,32,35)(H,33,36)/t22-,23-,25+,26-,28-,30+,31+/m1/s1. The predicted octanol–water partition coefficient (Wildman–Crippen LogP) is 3.94. The first-order chi connectivity index (χ1) is 18.7. The topological polar surface area (TPSA) is 106 Å². The van der Waals surface area contributed by atoms with E-state index in [2.05, 4.69) is 24.5 Å². The van der Waals surface area contributed by atoms with E-state index in [1.54, 1.807) is 7.11 Å². The highest BCUT2D eigenvalue weighted by molar-refractivity contribution is 5.78. The van der Waals surface area contributed by atoms with Crippen LogP contribution < -0.4 is 15.4 Å². The molecule has 0 unspecified atom stereocenters. The average molecular weight is 543 g/mol. The van der Waals surface area contributed by atoms with Crippen molar-refractivity contribution in [1.82, 2.24) is 10.6 Å². The van der Waals surface area contributed by atoms with Crippen molar-refractivity contribution in [2.45, 2.75) is 96.7 Å². The number of methoxy groups -OCH3 is 1. The molecule has 4 aliphatic rings. The van der Waals surface area contributed by atoms with Gasteiger partial charge in [0.1, 0.15) is 5.75 Å². The minimum Gasteiger partial charge on any atom is -0.496 e. The molecule has 8 heteroatoms. The van der Waals surface area contributed by atoms with Crippen LogP contribution in [0.4, 0.5) is 0 Å². The molecule has 4 fully saturated rings. The molecule has 8 nitrogen and oxygen atoms in total. The lowest BCUT2D eigenvalue weighted by Crippen LogP contribution is -2.63. The lowest BCUT2D eigenvalue weighted by atomic mass is 9.46. The summed E-state index contributed by atoms with van der Waals surface area (Å²) in [5.74, 6) is 1.10. The van der Waals surface area contributed by atoms with Gasteiger partial charge in [0.2, 0.25) is 11.8 Å². The normalized spacial score (nSPS) is 36.5. The molecule has 216 valence electrons. The molecule has 39 heavy (non-hydrogen) atoms. The first-order valence-electron chi connectivity index (χ1n) is 14.9. The zero-order valence-corrected chi connectivity index (χ0v) is 23.7. The maximum atomic E-state index is 13.1. The van der Waals surface area contributed by atoms with Gasteiger partial charge in [-0.15, -0.1) is 0 Å². The molecule has 0 bridgehead atoms. The van der Waals surface area contributed by atoms with Gasteiger partial charge in [-0.25, -0.2) is 0 Å². The number of amides is 2. The SMILES string of the molecule is COc1ccccc1CNC(=O)C[C@@H]1[C@H](O)CC[C@@H]2[C@]3(C)CO[C@@H](CNC(=O)C4CCCC4)O[C@@H]3CC[C@]21C. The molecular formula is C31H46N2O6. The van der Waals surface area contributed by atoms with Crippen LogP contribution in [0.2, 0.25) is 0 Å². The number of fused-ring (bicyclic) bond motifs is 3. The molecule has 2 amide bonds. The molecular weight excluding hydrogens is 496 g/mol. The molecule has 1 saturated heterocycles. The molecule has 5 rings (SSSR count). The smallest absolute Gasteiger partial charge is 0.223 e. The number of ether oxygens (including phenoxy) is 3. The monoisotopic (exact) mass is 542 g/mol. The Balaban J connectivity index is 1.20. The molecule has 0 aromatic heterocycles. The van der Waals surface area contributed by atoms with Gasteiger partial charge in [0.25, 0.3) is 0 Å². The molecule has 3 aliphatic carbocycles. The van der Waals surface area contributed by atoms with Crippen LogP contribution in [0.25, 0.3) is 0 Å². The van der Waals surface area contributed by atoms with E-state index in [1.165, 1.54) is 0 Å². The first kappa shape index (κ1) is 28.4. The highest BCUT2D eigenvalue weighted by Gasteiger charge is 2.61. The fraction of sp³-hybridized carbons (Fsp3) is 0.742. The molecule has 7 atom stereocenters. The third-order valence-corrected chi connectivity index (χ3v) is 10.5. The number of benzene rings is 1. The van der Waals surface area contributed by atoms with E-state index in [4.69, 9.17) is 14.2 Å². The maximum absolute atomic E-state index is 13.1. The summed E-state index contributed by atoms with van der Waals surface area (Å²) >= 11 is 0. The number of carbonyl (C=O) groups excluding carboxylic acids is 2. The summed E-state index contributed by atoms with van der Waals surface area (Å²) < 4.78 is 18.1. The van der Waals surface area contributed by atoms with Gasteiger partial charge in [-0.05, 0) is 61.8 Å². The number of rotatable bonds is 8. The minimum atomic E-state index is -0.507. The molecule has 1 heterocycles. The number of hydrogen-bond donors (Lipinski definition) is 3. The fourth-order valence-corrected chi connectivity index (χ4v) is 8.22. The van der Waals surface area contributed by atoms with Gasteiger partial charge >= 0.3 is 0 Å². The van der Waals surface area contributed by atoms with E-state index < -0.39 is 12.4 Å². The van der Waals surface area contributed by atoms with Crippen molar-refractivity contribution in [3.8, 4) is 5.75 Å². The number of nitrogens with one attached hydrogen (secondary N) is 2. The Kier molecular flexibility index (Phi) is 8.55. The van der Waals surface area contributed by atoms with Crippen LogP contribution in [0.5, 0.6) is 5.75 Å². The van der Waals surface area contributed by atoms with E-state index in [0.717, 1.165) is 56.3 Å². The Morgan fingerprint density at radius 1 is 1.05 bits per heavy atom. The van der Waals surface area contributed by atoms with Crippen molar-refractivity contribution in [3.63, 3.8) is 0 Å². The summed E-state index contributed by atoms with van der Waals surface area (Å²) in [4.78, 5) is 25.6. The van der Waals surface area contributed by atoms with Gasteiger partial charge in [0.15, 0.2) is 6.29 Å².